The maximum Gasteiger partial charge on any atom is 0.164 e. The average molecular weight is 823 g/mol. The first-order valence-electron chi connectivity index (χ1n) is 21.1. The van der Waals surface area contributed by atoms with E-state index in [-0.39, 0.29) is 0 Å². The number of nitrogens with zero attached hydrogens (tertiary/aromatic N) is 4. The van der Waals surface area contributed by atoms with Gasteiger partial charge in [-0.25, -0.2) is 15.0 Å². The number of hydrogen-bond acceptors (Lipinski definition) is 5. The molecule has 0 bridgehead atoms. The third kappa shape index (κ3) is 5.80. The van der Waals surface area contributed by atoms with Gasteiger partial charge in [-0.05, 0) is 82.9 Å². The molecule has 0 saturated heterocycles. The fraction of sp³-hybridized carbons (Fsp3) is 0. The zero-order chi connectivity index (χ0) is 41.4. The fourth-order valence-corrected chi connectivity index (χ4v) is 10.5. The smallest absolute Gasteiger partial charge is 0.164 e. The Kier molecular flexibility index (Phi) is 8.01. The summed E-state index contributed by atoms with van der Waals surface area (Å²) >= 11 is 1.80. The second kappa shape index (κ2) is 14.2. The molecule has 13 aromatic rings. The average Bonchev–Trinajstić information content (AvgIpc) is 4.03. The summed E-state index contributed by atoms with van der Waals surface area (Å²) in [7, 11) is 0. The summed E-state index contributed by atoms with van der Waals surface area (Å²) in [5.41, 5.74) is 12.8. The molecule has 0 aliphatic heterocycles. The van der Waals surface area contributed by atoms with Gasteiger partial charge in [0.1, 0.15) is 11.2 Å². The van der Waals surface area contributed by atoms with Gasteiger partial charge in [0.25, 0.3) is 0 Å². The molecule has 0 aliphatic carbocycles. The summed E-state index contributed by atoms with van der Waals surface area (Å²) in [4.78, 5) is 15.2. The summed E-state index contributed by atoms with van der Waals surface area (Å²) in [6.45, 7) is 0. The third-order valence-electron chi connectivity index (χ3n) is 12.3. The van der Waals surface area contributed by atoms with Crippen LogP contribution in [0.25, 0.3) is 126 Å². The predicted octanol–water partition coefficient (Wildman–Crippen LogP) is 15.6. The lowest BCUT2D eigenvalue weighted by Gasteiger charge is -2.13. The van der Waals surface area contributed by atoms with Crippen LogP contribution in [0, 0.1) is 0 Å². The molecule has 9 aromatic carbocycles. The Balaban J connectivity index is 0.924. The molecule has 294 valence electrons. The highest BCUT2D eigenvalue weighted by Crippen LogP contribution is 2.44. The molecule has 6 heteroatoms. The lowest BCUT2D eigenvalue weighted by atomic mass is 9.91. The molecule has 5 nitrogen and oxygen atoms in total. The Bertz CT molecular complexity index is 3920. The zero-order valence-electron chi connectivity index (χ0n) is 33.7. The number of para-hydroxylation sites is 3. The molecule has 0 radical (unpaired) electrons. The number of rotatable bonds is 6. The number of furan rings is 1. The van der Waals surface area contributed by atoms with Gasteiger partial charge in [0.05, 0.1) is 11.0 Å². The first-order valence-corrected chi connectivity index (χ1v) is 21.9. The van der Waals surface area contributed by atoms with Gasteiger partial charge in [-0.1, -0.05) is 146 Å². The molecule has 0 amide bonds. The summed E-state index contributed by atoms with van der Waals surface area (Å²) in [6.07, 6.45) is 0. The molecule has 13 rings (SSSR count). The van der Waals surface area contributed by atoms with Crippen molar-refractivity contribution in [1.29, 1.82) is 0 Å². The largest absolute Gasteiger partial charge is 0.456 e. The molecule has 0 fully saturated rings. The molecule has 63 heavy (non-hydrogen) atoms. The van der Waals surface area contributed by atoms with E-state index in [9.17, 15) is 0 Å². The van der Waals surface area contributed by atoms with Crippen molar-refractivity contribution in [3.05, 3.63) is 206 Å². The predicted molar refractivity (Wildman–Crippen MR) is 262 cm³/mol. The first-order chi connectivity index (χ1) is 31.2. The summed E-state index contributed by atoms with van der Waals surface area (Å²) < 4.78 is 11.1. The van der Waals surface area contributed by atoms with Crippen molar-refractivity contribution in [3.63, 3.8) is 0 Å². The van der Waals surface area contributed by atoms with Crippen molar-refractivity contribution in [3.8, 4) is 62.1 Å². The molecular formula is C57H34N4OS. The number of hydrogen-bond donors (Lipinski definition) is 0. The van der Waals surface area contributed by atoms with Gasteiger partial charge in [0.15, 0.2) is 17.5 Å². The minimum atomic E-state index is 0.598. The van der Waals surface area contributed by atoms with Crippen molar-refractivity contribution >= 4 is 75.3 Å². The first kappa shape index (κ1) is 35.6. The topological polar surface area (TPSA) is 56.7 Å². The number of benzene rings is 9. The highest BCUT2D eigenvalue weighted by molar-refractivity contribution is 7.25. The van der Waals surface area contributed by atoms with E-state index in [1.807, 2.05) is 54.6 Å². The summed E-state index contributed by atoms with van der Waals surface area (Å²) in [5, 5.41) is 7.09. The van der Waals surface area contributed by atoms with Crippen LogP contribution in [-0.4, -0.2) is 19.5 Å². The Labute approximate surface area is 365 Å². The molecular weight excluding hydrogens is 789 g/mol. The van der Waals surface area contributed by atoms with Crippen LogP contribution < -0.4 is 0 Å². The lowest BCUT2D eigenvalue weighted by molar-refractivity contribution is 0.669. The normalized spacial score (nSPS) is 11.8. The molecule has 0 aliphatic rings. The molecule has 0 saturated carbocycles. The Hall–Kier alpha value is -8.19. The third-order valence-corrected chi connectivity index (χ3v) is 13.4. The van der Waals surface area contributed by atoms with Crippen molar-refractivity contribution < 1.29 is 4.42 Å². The van der Waals surface area contributed by atoms with Crippen LogP contribution in [0.5, 0.6) is 0 Å². The molecule has 0 spiro atoms. The Morgan fingerprint density at radius 3 is 1.78 bits per heavy atom. The standard InChI is InChI=1S/C57H34N4OS/c1-3-14-35(15-4-1)55-58-56(37-26-29-43-42-20-10-12-25-50(42)62-51(43)33-37)60-57(59-55)38-27-30-44-47-32-36(28-31-52(47)63-53(44)34-38)40-18-7-8-19-41(40)45-22-13-24-49-54(45)46-21-9-11-23-48(46)61(49)39-16-5-2-6-17-39/h1-34H. The van der Waals surface area contributed by atoms with E-state index in [4.69, 9.17) is 19.4 Å². The second-order valence-corrected chi connectivity index (χ2v) is 17.0. The van der Waals surface area contributed by atoms with Gasteiger partial charge in [0.2, 0.25) is 0 Å². The number of aromatic nitrogens is 4. The maximum absolute atomic E-state index is 6.26. The highest BCUT2D eigenvalue weighted by atomic mass is 32.1. The van der Waals surface area contributed by atoms with Gasteiger partial charge < -0.3 is 8.98 Å². The minimum absolute atomic E-state index is 0.598. The monoisotopic (exact) mass is 822 g/mol. The molecule has 4 heterocycles. The molecule has 0 N–H and O–H groups in total. The van der Waals surface area contributed by atoms with E-state index in [0.717, 1.165) is 44.3 Å². The Morgan fingerprint density at radius 1 is 0.349 bits per heavy atom. The van der Waals surface area contributed by atoms with Gasteiger partial charge >= 0.3 is 0 Å². The van der Waals surface area contributed by atoms with E-state index >= 15 is 0 Å². The van der Waals surface area contributed by atoms with Crippen LogP contribution in [-0.2, 0) is 0 Å². The van der Waals surface area contributed by atoms with Gasteiger partial charge in [-0.3, -0.25) is 0 Å². The van der Waals surface area contributed by atoms with E-state index in [1.54, 1.807) is 11.3 Å². The quantitative estimate of drug-likeness (QED) is 0.168. The van der Waals surface area contributed by atoms with Crippen LogP contribution in [0.4, 0.5) is 0 Å². The van der Waals surface area contributed by atoms with E-state index in [2.05, 4.69) is 156 Å². The van der Waals surface area contributed by atoms with E-state index in [0.29, 0.717) is 17.5 Å². The van der Waals surface area contributed by atoms with Crippen LogP contribution in [0.15, 0.2) is 211 Å². The molecule has 0 atom stereocenters. The van der Waals surface area contributed by atoms with Crippen LogP contribution in [0.1, 0.15) is 0 Å². The van der Waals surface area contributed by atoms with Gasteiger partial charge in [0, 0.05) is 64.1 Å². The fourth-order valence-electron chi connectivity index (χ4n) is 9.37. The SMILES string of the molecule is c1ccc(-c2nc(-c3ccc4c(c3)oc3ccccc34)nc(-c3ccc4c(c3)sc3ccc(-c5ccccc5-c5cccc6c5c5ccccc5n6-c5ccccc5)cc34)n2)cc1. The second-order valence-electron chi connectivity index (χ2n) is 15.9. The molecule has 4 aromatic heterocycles. The van der Waals surface area contributed by atoms with Crippen LogP contribution >= 0.6 is 11.3 Å². The minimum Gasteiger partial charge on any atom is -0.456 e. The Morgan fingerprint density at radius 2 is 0.952 bits per heavy atom. The van der Waals surface area contributed by atoms with Crippen LogP contribution in [0.2, 0.25) is 0 Å². The number of fused-ring (bicyclic) bond motifs is 9. The lowest BCUT2D eigenvalue weighted by Crippen LogP contribution is -2.00. The van der Waals surface area contributed by atoms with Crippen LogP contribution in [0.3, 0.4) is 0 Å². The summed E-state index contributed by atoms with van der Waals surface area (Å²) in [5.74, 6) is 1.85. The highest BCUT2D eigenvalue weighted by Gasteiger charge is 2.20. The van der Waals surface area contributed by atoms with Crippen molar-refractivity contribution in [2.24, 2.45) is 0 Å². The van der Waals surface area contributed by atoms with Crippen molar-refractivity contribution in [2.45, 2.75) is 0 Å². The number of thiophene rings is 1. The zero-order valence-corrected chi connectivity index (χ0v) is 34.6. The summed E-state index contributed by atoms with van der Waals surface area (Å²) in [6, 6.07) is 72.9. The van der Waals surface area contributed by atoms with Gasteiger partial charge in [-0.2, -0.15) is 0 Å². The molecule has 0 unspecified atom stereocenters. The van der Waals surface area contributed by atoms with Gasteiger partial charge in [-0.15, -0.1) is 11.3 Å². The maximum atomic E-state index is 6.26. The van der Waals surface area contributed by atoms with E-state index in [1.165, 1.54) is 64.2 Å². The van der Waals surface area contributed by atoms with E-state index < -0.39 is 0 Å². The van der Waals surface area contributed by atoms with Crippen molar-refractivity contribution in [1.82, 2.24) is 19.5 Å². The van der Waals surface area contributed by atoms with Crippen molar-refractivity contribution in [2.75, 3.05) is 0 Å².